The van der Waals surface area contributed by atoms with Crippen LogP contribution in [0.15, 0.2) is 42.5 Å². The van der Waals surface area contributed by atoms with Crippen molar-refractivity contribution in [3.63, 3.8) is 0 Å². The number of carbonyl (C=O) groups excluding carboxylic acids is 1. The van der Waals surface area contributed by atoms with E-state index >= 15 is 0 Å². The molecule has 1 heterocycles. The summed E-state index contributed by atoms with van der Waals surface area (Å²) in [6.45, 7) is 6.30. The number of nitrogens with one attached hydrogen (secondary N) is 2. The van der Waals surface area contributed by atoms with Gasteiger partial charge < -0.3 is 10.4 Å². The molecule has 0 bridgehead atoms. The summed E-state index contributed by atoms with van der Waals surface area (Å²) in [7, 11) is 0. The second kappa shape index (κ2) is 6.81. The quantitative estimate of drug-likeness (QED) is 0.681. The zero-order valence-corrected chi connectivity index (χ0v) is 14.6. The summed E-state index contributed by atoms with van der Waals surface area (Å²) >= 11 is 0. The van der Waals surface area contributed by atoms with E-state index in [2.05, 4.69) is 15.5 Å². The number of aromatic hydroxyl groups is 1. The van der Waals surface area contributed by atoms with E-state index in [9.17, 15) is 9.90 Å². The van der Waals surface area contributed by atoms with Crippen LogP contribution >= 0.6 is 0 Å². The Morgan fingerprint density at radius 1 is 1.08 bits per heavy atom. The van der Waals surface area contributed by atoms with Gasteiger partial charge in [0.05, 0.1) is 5.69 Å². The van der Waals surface area contributed by atoms with Crippen LogP contribution in [0, 0.1) is 20.8 Å². The zero-order valence-electron chi connectivity index (χ0n) is 14.6. The van der Waals surface area contributed by atoms with E-state index in [-0.39, 0.29) is 11.7 Å². The van der Waals surface area contributed by atoms with Gasteiger partial charge in [0.2, 0.25) is 0 Å². The fourth-order valence-electron chi connectivity index (χ4n) is 2.83. The number of hydrogen-bond acceptors (Lipinski definition) is 3. The number of phenolic OH excluding ortho intramolecular Hbond substituents is 1. The molecule has 5 heteroatoms. The Bertz CT molecular complexity index is 888. The SMILES string of the molecule is Cc1ccc(CNC(=O)c2cc(-c3c(C)cc(C)cc3O)n[nH]2)cc1. The molecule has 128 valence electrons. The Morgan fingerprint density at radius 3 is 2.48 bits per heavy atom. The fourth-order valence-corrected chi connectivity index (χ4v) is 2.83. The Kier molecular flexibility index (Phi) is 4.57. The van der Waals surface area contributed by atoms with Crippen LogP contribution < -0.4 is 5.32 Å². The average molecular weight is 335 g/mol. The number of nitrogens with zero attached hydrogens (tertiary/aromatic N) is 1. The number of phenols is 1. The summed E-state index contributed by atoms with van der Waals surface area (Å²) < 4.78 is 0. The summed E-state index contributed by atoms with van der Waals surface area (Å²) in [6.07, 6.45) is 0. The molecule has 0 aliphatic rings. The number of aromatic nitrogens is 2. The molecule has 25 heavy (non-hydrogen) atoms. The van der Waals surface area contributed by atoms with Crippen LogP contribution in [-0.4, -0.2) is 21.2 Å². The monoisotopic (exact) mass is 335 g/mol. The molecule has 0 atom stereocenters. The number of rotatable bonds is 4. The van der Waals surface area contributed by atoms with Crippen molar-refractivity contribution >= 4 is 5.91 Å². The molecule has 5 nitrogen and oxygen atoms in total. The van der Waals surface area contributed by atoms with Crippen molar-refractivity contribution in [2.45, 2.75) is 27.3 Å². The maximum Gasteiger partial charge on any atom is 0.269 e. The maximum atomic E-state index is 12.3. The lowest BCUT2D eigenvalue weighted by atomic mass is 10.0. The Labute approximate surface area is 146 Å². The topological polar surface area (TPSA) is 78.0 Å². The van der Waals surface area contributed by atoms with Crippen molar-refractivity contribution in [3.8, 4) is 17.0 Å². The molecule has 3 aromatic rings. The zero-order chi connectivity index (χ0) is 18.0. The summed E-state index contributed by atoms with van der Waals surface area (Å²) in [5, 5.41) is 20.0. The van der Waals surface area contributed by atoms with Gasteiger partial charge in [0.25, 0.3) is 5.91 Å². The van der Waals surface area contributed by atoms with Gasteiger partial charge in [-0.3, -0.25) is 9.89 Å². The van der Waals surface area contributed by atoms with Gasteiger partial charge in [-0.25, -0.2) is 0 Å². The third-order valence-corrected chi connectivity index (χ3v) is 4.11. The number of amides is 1. The minimum atomic E-state index is -0.233. The highest BCUT2D eigenvalue weighted by molar-refractivity contribution is 5.93. The van der Waals surface area contributed by atoms with Gasteiger partial charge in [0.15, 0.2) is 0 Å². The van der Waals surface area contributed by atoms with Gasteiger partial charge in [-0.05, 0) is 49.6 Å². The first-order chi connectivity index (χ1) is 11.9. The van der Waals surface area contributed by atoms with Gasteiger partial charge in [0.1, 0.15) is 11.4 Å². The summed E-state index contributed by atoms with van der Waals surface area (Å²) in [6, 6.07) is 13.3. The van der Waals surface area contributed by atoms with Gasteiger partial charge in [-0.1, -0.05) is 35.9 Å². The molecule has 0 unspecified atom stereocenters. The molecule has 0 saturated carbocycles. The average Bonchev–Trinajstić information content (AvgIpc) is 3.03. The lowest BCUT2D eigenvalue weighted by Crippen LogP contribution is -2.23. The molecule has 0 aliphatic carbocycles. The van der Waals surface area contributed by atoms with E-state index in [1.165, 1.54) is 5.56 Å². The number of carbonyl (C=O) groups is 1. The van der Waals surface area contributed by atoms with Crippen molar-refractivity contribution in [1.82, 2.24) is 15.5 Å². The van der Waals surface area contributed by atoms with E-state index in [1.807, 2.05) is 51.1 Å². The van der Waals surface area contributed by atoms with Crippen molar-refractivity contribution in [3.05, 3.63) is 70.4 Å². The predicted octanol–water partition coefficient (Wildman–Crippen LogP) is 3.64. The molecular formula is C20H21N3O2. The highest BCUT2D eigenvalue weighted by Gasteiger charge is 2.15. The van der Waals surface area contributed by atoms with E-state index in [4.69, 9.17) is 0 Å². The highest BCUT2D eigenvalue weighted by Crippen LogP contribution is 2.32. The molecule has 1 amide bonds. The van der Waals surface area contributed by atoms with Crippen LogP contribution in [0.5, 0.6) is 5.75 Å². The van der Waals surface area contributed by atoms with Crippen molar-refractivity contribution in [2.75, 3.05) is 0 Å². The normalized spacial score (nSPS) is 10.7. The number of aryl methyl sites for hydroxylation is 3. The van der Waals surface area contributed by atoms with Crippen molar-refractivity contribution < 1.29 is 9.90 Å². The first kappa shape index (κ1) is 16.8. The first-order valence-corrected chi connectivity index (χ1v) is 8.14. The molecule has 0 saturated heterocycles. The van der Waals surface area contributed by atoms with Gasteiger partial charge in [-0.2, -0.15) is 5.10 Å². The largest absolute Gasteiger partial charge is 0.507 e. The third kappa shape index (κ3) is 3.71. The number of benzene rings is 2. The van der Waals surface area contributed by atoms with Gasteiger partial charge >= 0.3 is 0 Å². The van der Waals surface area contributed by atoms with Crippen LogP contribution in [-0.2, 0) is 6.54 Å². The molecule has 0 aliphatic heterocycles. The van der Waals surface area contributed by atoms with E-state index < -0.39 is 0 Å². The lowest BCUT2D eigenvalue weighted by Gasteiger charge is -2.07. The Hall–Kier alpha value is -3.08. The minimum Gasteiger partial charge on any atom is -0.507 e. The number of hydrogen-bond donors (Lipinski definition) is 3. The van der Waals surface area contributed by atoms with Crippen molar-refractivity contribution in [1.29, 1.82) is 0 Å². The number of H-pyrrole nitrogens is 1. The Morgan fingerprint density at radius 2 is 1.80 bits per heavy atom. The number of aromatic amines is 1. The lowest BCUT2D eigenvalue weighted by molar-refractivity contribution is 0.0946. The first-order valence-electron chi connectivity index (χ1n) is 8.14. The van der Waals surface area contributed by atoms with Crippen LogP contribution in [0.1, 0.15) is 32.7 Å². The van der Waals surface area contributed by atoms with E-state index in [0.29, 0.717) is 23.5 Å². The maximum absolute atomic E-state index is 12.3. The molecule has 3 rings (SSSR count). The Balaban J connectivity index is 1.75. The molecule has 2 aromatic carbocycles. The summed E-state index contributed by atoms with van der Waals surface area (Å²) in [5.41, 5.74) is 5.66. The summed E-state index contributed by atoms with van der Waals surface area (Å²) in [5.74, 6) is -0.0702. The highest BCUT2D eigenvalue weighted by atomic mass is 16.3. The molecule has 1 aromatic heterocycles. The van der Waals surface area contributed by atoms with Gasteiger partial charge in [0, 0.05) is 12.1 Å². The van der Waals surface area contributed by atoms with Crippen LogP contribution in [0.3, 0.4) is 0 Å². The van der Waals surface area contributed by atoms with E-state index in [0.717, 1.165) is 16.7 Å². The molecule has 0 radical (unpaired) electrons. The molecule has 3 N–H and O–H groups in total. The smallest absolute Gasteiger partial charge is 0.269 e. The molecule has 0 fully saturated rings. The second-order valence-corrected chi connectivity index (χ2v) is 6.31. The van der Waals surface area contributed by atoms with Crippen LogP contribution in [0.25, 0.3) is 11.3 Å². The fraction of sp³-hybridized carbons (Fsp3) is 0.200. The second-order valence-electron chi connectivity index (χ2n) is 6.31. The van der Waals surface area contributed by atoms with Gasteiger partial charge in [-0.15, -0.1) is 0 Å². The third-order valence-electron chi connectivity index (χ3n) is 4.11. The molecule has 0 spiro atoms. The minimum absolute atomic E-state index is 0.163. The molecular weight excluding hydrogens is 314 g/mol. The van der Waals surface area contributed by atoms with E-state index in [1.54, 1.807) is 12.1 Å². The van der Waals surface area contributed by atoms with Crippen LogP contribution in [0.4, 0.5) is 0 Å². The standard InChI is InChI=1S/C20H21N3O2/c1-12-4-6-15(7-5-12)11-21-20(25)17-10-16(22-23-17)19-14(3)8-13(2)9-18(19)24/h4-10,24H,11H2,1-3H3,(H,21,25)(H,22,23). The van der Waals surface area contributed by atoms with Crippen molar-refractivity contribution in [2.24, 2.45) is 0 Å². The van der Waals surface area contributed by atoms with Crippen LogP contribution in [0.2, 0.25) is 0 Å². The summed E-state index contributed by atoms with van der Waals surface area (Å²) in [4.78, 5) is 12.3. The predicted molar refractivity (Wildman–Crippen MR) is 97.5 cm³/mol.